The summed E-state index contributed by atoms with van der Waals surface area (Å²) in [5.74, 6) is 0.893. The molecule has 0 spiro atoms. The molecule has 0 aliphatic rings. The van der Waals surface area contributed by atoms with Crippen molar-refractivity contribution in [3.8, 4) is 5.75 Å². The second kappa shape index (κ2) is 6.65. The maximum atomic E-state index is 5.73. The van der Waals surface area contributed by atoms with Crippen molar-refractivity contribution < 1.29 is 4.74 Å². The van der Waals surface area contributed by atoms with E-state index in [1.165, 1.54) is 5.56 Å². The topological polar surface area (TPSA) is 47.3 Å². The second-order valence-electron chi connectivity index (χ2n) is 4.26. The Morgan fingerprint density at radius 3 is 2.53 bits per heavy atom. The van der Waals surface area contributed by atoms with Gasteiger partial charge in [0.1, 0.15) is 5.75 Å². The molecular weight excluding hydrogens is 351 g/mol. The average molecular weight is 368 g/mol. The predicted octanol–water partition coefficient (Wildman–Crippen LogP) is 3.54. The number of hydrogen-bond acceptors (Lipinski definition) is 3. The fraction of sp³-hybridized carbons (Fsp3) is 0.200. The molecule has 0 saturated heterocycles. The number of anilines is 2. The SMILES string of the molecule is COc1ccc(CCNc2ccc(N)cc2I)cc1. The highest BCUT2D eigenvalue weighted by Gasteiger charge is 2.00. The number of methoxy groups -OCH3 is 1. The number of benzene rings is 2. The Morgan fingerprint density at radius 1 is 1.16 bits per heavy atom. The summed E-state index contributed by atoms with van der Waals surface area (Å²) in [5, 5.41) is 3.42. The minimum absolute atomic E-state index is 0.796. The Bertz CT molecular complexity index is 540. The van der Waals surface area contributed by atoms with E-state index in [1.54, 1.807) is 7.11 Å². The minimum Gasteiger partial charge on any atom is -0.497 e. The maximum absolute atomic E-state index is 5.73. The van der Waals surface area contributed by atoms with Crippen molar-refractivity contribution in [3.63, 3.8) is 0 Å². The van der Waals surface area contributed by atoms with Gasteiger partial charge in [-0.25, -0.2) is 0 Å². The molecule has 0 bridgehead atoms. The highest BCUT2D eigenvalue weighted by Crippen LogP contribution is 2.20. The van der Waals surface area contributed by atoms with Crippen molar-refractivity contribution in [2.24, 2.45) is 0 Å². The zero-order valence-corrected chi connectivity index (χ0v) is 13.0. The number of nitrogen functional groups attached to an aromatic ring is 1. The van der Waals surface area contributed by atoms with E-state index in [2.05, 4.69) is 40.0 Å². The number of nitrogens with one attached hydrogen (secondary N) is 1. The van der Waals surface area contributed by atoms with E-state index in [0.29, 0.717) is 0 Å². The standard InChI is InChI=1S/C15H17IN2O/c1-19-13-5-2-11(3-6-13)8-9-18-15-7-4-12(17)10-14(15)16/h2-7,10,18H,8-9,17H2,1H3. The van der Waals surface area contributed by atoms with Crippen LogP contribution < -0.4 is 15.8 Å². The van der Waals surface area contributed by atoms with Crippen LogP contribution >= 0.6 is 22.6 Å². The van der Waals surface area contributed by atoms with Crippen LogP contribution in [-0.2, 0) is 6.42 Å². The minimum atomic E-state index is 0.796. The van der Waals surface area contributed by atoms with Crippen LogP contribution in [0.5, 0.6) is 5.75 Å². The molecule has 0 atom stereocenters. The van der Waals surface area contributed by atoms with E-state index in [1.807, 2.05) is 30.3 Å². The van der Waals surface area contributed by atoms with Gasteiger partial charge in [-0.15, -0.1) is 0 Å². The van der Waals surface area contributed by atoms with Gasteiger partial charge in [0.2, 0.25) is 0 Å². The molecule has 2 rings (SSSR count). The highest BCUT2D eigenvalue weighted by atomic mass is 127. The zero-order chi connectivity index (χ0) is 13.7. The van der Waals surface area contributed by atoms with Crippen LogP contribution in [0.1, 0.15) is 5.56 Å². The van der Waals surface area contributed by atoms with Gasteiger partial charge < -0.3 is 15.8 Å². The van der Waals surface area contributed by atoms with Crippen molar-refractivity contribution in [1.29, 1.82) is 0 Å². The number of rotatable bonds is 5. The molecule has 4 heteroatoms. The maximum Gasteiger partial charge on any atom is 0.118 e. The van der Waals surface area contributed by atoms with Gasteiger partial charge in [0.25, 0.3) is 0 Å². The molecule has 0 aromatic heterocycles. The van der Waals surface area contributed by atoms with Crippen LogP contribution in [0.3, 0.4) is 0 Å². The predicted molar refractivity (Wildman–Crippen MR) is 88.8 cm³/mol. The van der Waals surface area contributed by atoms with E-state index in [4.69, 9.17) is 10.5 Å². The van der Waals surface area contributed by atoms with Crippen LogP contribution in [0.15, 0.2) is 42.5 Å². The number of hydrogen-bond donors (Lipinski definition) is 2. The van der Waals surface area contributed by atoms with Gasteiger partial charge >= 0.3 is 0 Å². The monoisotopic (exact) mass is 368 g/mol. The molecule has 0 radical (unpaired) electrons. The molecule has 0 fully saturated rings. The van der Waals surface area contributed by atoms with Crippen LogP contribution in [-0.4, -0.2) is 13.7 Å². The van der Waals surface area contributed by atoms with Crippen molar-refractivity contribution in [3.05, 3.63) is 51.6 Å². The molecule has 0 aliphatic carbocycles. The van der Waals surface area contributed by atoms with Crippen LogP contribution in [0.2, 0.25) is 0 Å². The van der Waals surface area contributed by atoms with Gasteiger partial charge in [0.05, 0.1) is 7.11 Å². The summed E-state index contributed by atoms with van der Waals surface area (Å²) >= 11 is 2.29. The summed E-state index contributed by atoms with van der Waals surface area (Å²) in [7, 11) is 1.68. The number of halogens is 1. The first kappa shape index (κ1) is 14.0. The first-order valence-corrected chi connectivity index (χ1v) is 7.19. The Kier molecular flexibility index (Phi) is 4.90. The van der Waals surface area contributed by atoms with Gasteiger partial charge in [-0.2, -0.15) is 0 Å². The molecule has 2 aromatic carbocycles. The lowest BCUT2D eigenvalue weighted by molar-refractivity contribution is 0.414. The van der Waals surface area contributed by atoms with E-state index in [9.17, 15) is 0 Å². The number of ether oxygens (including phenoxy) is 1. The Labute approximate surface area is 127 Å². The van der Waals surface area contributed by atoms with E-state index >= 15 is 0 Å². The first-order chi connectivity index (χ1) is 9.19. The summed E-state index contributed by atoms with van der Waals surface area (Å²) in [6.07, 6.45) is 0.977. The van der Waals surface area contributed by atoms with E-state index in [0.717, 1.165) is 33.7 Å². The molecule has 0 unspecified atom stereocenters. The van der Waals surface area contributed by atoms with Crippen molar-refractivity contribution in [1.82, 2.24) is 0 Å². The third-order valence-electron chi connectivity index (χ3n) is 2.88. The van der Waals surface area contributed by atoms with Crippen molar-refractivity contribution in [2.75, 3.05) is 24.7 Å². The van der Waals surface area contributed by atoms with Gasteiger partial charge in [0, 0.05) is 21.5 Å². The summed E-state index contributed by atoms with van der Waals surface area (Å²) in [6, 6.07) is 14.1. The Balaban J connectivity index is 1.88. The molecule has 100 valence electrons. The van der Waals surface area contributed by atoms with Gasteiger partial charge in [-0.3, -0.25) is 0 Å². The zero-order valence-electron chi connectivity index (χ0n) is 10.8. The lowest BCUT2D eigenvalue weighted by Gasteiger charge is -2.09. The summed E-state index contributed by atoms with van der Waals surface area (Å²) in [5.41, 5.74) is 8.95. The second-order valence-corrected chi connectivity index (χ2v) is 5.43. The first-order valence-electron chi connectivity index (χ1n) is 6.11. The van der Waals surface area contributed by atoms with E-state index in [-0.39, 0.29) is 0 Å². The van der Waals surface area contributed by atoms with Crippen molar-refractivity contribution in [2.45, 2.75) is 6.42 Å². The molecule has 0 heterocycles. The Hall–Kier alpha value is -1.43. The summed E-state index contributed by atoms with van der Waals surface area (Å²) < 4.78 is 6.29. The van der Waals surface area contributed by atoms with Crippen molar-refractivity contribution >= 4 is 34.0 Å². The third-order valence-corrected chi connectivity index (χ3v) is 3.77. The molecule has 0 aliphatic heterocycles. The fourth-order valence-corrected chi connectivity index (χ4v) is 2.54. The summed E-state index contributed by atoms with van der Waals surface area (Å²) in [6.45, 7) is 0.895. The Morgan fingerprint density at radius 2 is 1.89 bits per heavy atom. The smallest absolute Gasteiger partial charge is 0.118 e. The molecule has 2 aromatic rings. The highest BCUT2D eigenvalue weighted by molar-refractivity contribution is 14.1. The fourth-order valence-electron chi connectivity index (χ4n) is 1.81. The number of nitrogens with two attached hydrogens (primary N) is 1. The van der Waals surface area contributed by atoms with E-state index < -0.39 is 0 Å². The van der Waals surface area contributed by atoms with Gasteiger partial charge in [0.15, 0.2) is 0 Å². The average Bonchev–Trinajstić information content (AvgIpc) is 2.42. The molecular formula is C15H17IN2O. The molecule has 19 heavy (non-hydrogen) atoms. The molecule has 3 nitrogen and oxygen atoms in total. The third kappa shape index (κ3) is 4.02. The van der Waals surface area contributed by atoms with Gasteiger partial charge in [-0.1, -0.05) is 12.1 Å². The summed E-state index contributed by atoms with van der Waals surface area (Å²) in [4.78, 5) is 0. The van der Waals surface area contributed by atoms with Crippen LogP contribution in [0.25, 0.3) is 0 Å². The molecule has 0 amide bonds. The normalized spacial score (nSPS) is 10.2. The van der Waals surface area contributed by atoms with Crippen LogP contribution in [0.4, 0.5) is 11.4 Å². The molecule has 0 saturated carbocycles. The van der Waals surface area contributed by atoms with Gasteiger partial charge in [-0.05, 0) is 64.9 Å². The lowest BCUT2D eigenvalue weighted by atomic mass is 10.1. The van der Waals surface area contributed by atoms with Crippen LogP contribution in [0, 0.1) is 3.57 Å². The largest absolute Gasteiger partial charge is 0.497 e. The molecule has 3 N–H and O–H groups in total. The lowest BCUT2D eigenvalue weighted by Crippen LogP contribution is -2.06. The quantitative estimate of drug-likeness (QED) is 0.627.